The Morgan fingerprint density at radius 3 is 2.09 bits per heavy atom. The van der Waals surface area contributed by atoms with Crippen molar-refractivity contribution in [1.29, 1.82) is 0 Å². The summed E-state index contributed by atoms with van der Waals surface area (Å²) >= 11 is 0. The van der Waals surface area contributed by atoms with Crippen molar-refractivity contribution >= 4 is 0 Å². The van der Waals surface area contributed by atoms with E-state index in [4.69, 9.17) is 0 Å². The summed E-state index contributed by atoms with van der Waals surface area (Å²) in [5.74, 6) is 0.0562. The van der Waals surface area contributed by atoms with Crippen LogP contribution < -0.4 is 5.32 Å². The number of nitrogens with one attached hydrogen (secondary N) is 1. The SMILES string of the molecule is OCC1CC2(c3ccccc3)C(NCc3ccccc3)C(F)CC1N2Cc1ccccc1. The second-order valence-corrected chi connectivity index (χ2v) is 9.21. The van der Waals surface area contributed by atoms with Gasteiger partial charge in [-0.05, 0) is 35.4 Å². The van der Waals surface area contributed by atoms with Gasteiger partial charge in [0.1, 0.15) is 6.17 Å². The van der Waals surface area contributed by atoms with Gasteiger partial charge in [-0.1, -0.05) is 91.0 Å². The van der Waals surface area contributed by atoms with Crippen molar-refractivity contribution < 1.29 is 9.50 Å². The van der Waals surface area contributed by atoms with Crippen LogP contribution in [0.2, 0.25) is 0 Å². The van der Waals surface area contributed by atoms with Gasteiger partial charge in [0.05, 0.1) is 11.6 Å². The normalized spacial score (nSPS) is 29.8. The maximum atomic E-state index is 15.9. The molecule has 0 aromatic heterocycles. The molecule has 3 nitrogen and oxygen atoms in total. The van der Waals surface area contributed by atoms with E-state index in [2.05, 4.69) is 58.7 Å². The van der Waals surface area contributed by atoms with Crippen LogP contribution in [0.15, 0.2) is 91.0 Å². The lowest BCUT2D eigenvalue weighted by Crippen LogP contribution is -2.64. The molecule has 5 unspecified atom stereocenters. The van der Waals surface area contributed by atoms with Gasteiger partial charge < -0.3 is 10.4 Å². The zero-order chi connectivity index (χ0) is 22.0. The Labute approximate surface area is 189 Å². The highest BCUT2D eigenvalue weighted by Gasteiger charge is 2.62. The molecular weight excluding hydrogens is 399 g/mol. The molecule has 0 spiro atoms. The van der Waals surface area contributed by atoms with Gasteiger partial charge in [0.2, 0.25) is 0 Å². The lowest BCUT2D eigenvalue weighted by molar-refractivity contribution is -0.0352. The van der Waals surface area contributed by atoms with E-state index < -0.39 is 11.7 Å². The van der Waals surface area contributed by atoms with Crippen LogP contribution in [0.25, 0.3) is 0 Å². The average Bonchev–Trinajstić information content (AvgIpc) is 3.07. The molecule has 2 saturated heterocycles. The molecule has 0 saturated carbocycles. The molecule has 2 aliphatic heterocycles. The van der Waals surface area contributed by atoms with E-state index in [0.29, 0.717) is 13.0 Å². The Morgan fingerprint density at radius 1 is 0.875 bits per heavy atom. The van der Waals surface area contributed by atoms with Crippen LogP contribution in [-0.2, 0) is 18.6 Å². The fourth-order valence-electron chi connectivity index (χ4n) is 6.03. The maximum Gasteiger partial charge on any atom is 0.119 e. The molecule has 5 atom stereocenters. The predicted molar refractivity (Wildman–Crippen MR) is 126 cm³/mol. The number of halogens is 1. The van der Waals surface area contributed by atoms with Crippen molar-refractivity contribution in [2.45, 2.75) is 49.7 Å². The molecule has 2 fully saturated rings. The molecule has 3 aromatic carbocycles. The van der Waals surface area contributed by atoms with Crippen molar-refractivity contribution in [2.24, 2.45) is 5.92 Å². The van der Waals surface area contributed by atoms with Gasteiger partial charge in [0.15, 0.2) is 0 Å². The number of hydrogen-bond acceptors (Lipinski definition) is 3. The Hall–Kier alpha value is -2.53. The molecule has 5 rings (SSSR count). The minimum absolute atomic E-state index is 0.0187. The van der Waals surface area contributed by atoms with Crippen molar-refractivity contribution in [3.8, 4) is 0 Å². The largest absolute Gasteiger partial charge is 0.396 e. The van der Waals surface area contributed by atoms with E-state index in [-0.39, 0.29) is 24.6 Å². The van der Waals surface area contributed by atoms with Crippen molar-refractivity contribution in [2.75, 3.05) is 6.61 Å². The third-order valence-electron chi connectivity index (χ3n) is 7.45. The third-order valence-corrected chi connectivity index (χ3v) is 7.45. The quantitative estimate of drug-likeness (QED) is 0.572. The van der Waals surface area contributed by atoms with E-state index in [0.717, 1.165) is 24.1 Å². The fraction of sp³-hybridized carbons (Fsp3) is 0.357. The van der Waals surface area contributed by atoms with E-state index in [9.17, 15) is 5.11 Å². The Balaban J connectivity index is 1.57. The standard InChI is InChI=1S/C28H31FN2O/c29-25-16-26-23(20-32)17-28(24-14-8-3-9-15-24,31(26)19-22-12-6-2-7-13-22)27(25)30-18-21-10-4-1-5-11-21/h1-15,23,25-27,30,32H,16-20H2. The summed E-state index contributed by atoms with van der Waals surface area (Å²) < 4.78 is 15.9. The summed E-state index contributed by atoms with van der Waals surface area (Å²) in [5, 5.41) is 13.9. The summed E-state index contributed by atoms with van der Waals surface area (Å²) in [6.45, 7) is 1.45. The minimum Gasteiger partial charge on any atom is -0.396 e. The lowest BCUT2D eigenvalue weighted by Gasteiger charge is -2.52. The summed E-state index contributed by atoms with van der Waals surface area (Å²) in [6.07, 6.45) is 0.212. The first-order chi connectivity index (χ1) is 15.7. The monoisotopic (exact) mass is 430 g/mol. The third kappa shape index (κ3) is 3.77. The van der Waals surface area contributed by atoms with Crippen LogP contribution in [0.5, 0.6) is 0 Å². The number of rotatable bonds is 7. The molecule has 0 aliphatic carbocycles. The number of benzene rings is 3. The topological polar surface area (TPSA) is 35.5 Å². The van der Waals surface area contributed by atoms with Gasteiger partial charge >= 0.3 is 0 Å². The van der Waals surface area contributed by atoms with Gasteiger partial charge in [-0.2, -0.15) is 0 Å². The molecule has 2 heterocycles. The van der Waals surface area contributed by atoms with Crippen LogP contribution in [0.3, 0.4) is 0 Å². The molecular formula is C28H31FN2O. The first-order valence-corrected chi connectivity index (χ1v) is 11.6. The van der Waals surface area contributed by atoms with Crippen LogP contribution in [0, 0.1) is 5.92 Å². The Bertz CT molecular complexity index is 1000. The van der Waals surface area contributed by atoms with Crippen LogP contribution in [0.4, 0.5) is 4.39 Å². The van der Waals surface area contributed by atoms with Gasteiger partial charge in [-0.25, -0.2) is 4.39 Å². The molecule has 2 aliphatic rings. The van der Waals surface area contributed by atoms with Gasteiger partial charge in [0, 0.05) is 25.7 Å². The van der Waals surface area contributed by atoms with Crippen LogP contribution >= 0.6 is 0 Å². The number of aliphatic hydroxyl groups excluding tert-OH is 1. The van der Waals surface area contributed by atoms with E-state index in [1.807, 2.05) is 42.5 Å². The Kier molecular flexibility index (Phi) is 6.09. The molecule has 0 radical (unpaired) electrons. The van der Waals surface area contributed by atoms with Gasteiger partial charge in [-0.15, -0.1) is 0 Å². The first-order valence-electron chi connectivity index (χ1n) is 11.6. The average molecular weight is 431 g/mol. The van der Waals surface area contributed by atoms with E-state index in [1.54, 1.807) is 0 Å². The lowest BCUT2D eigenvalue weighted by atomic mass is 9.75. The van der Waals surface area contributed by atoms with Crippen molar-refractivity contribution in [1.82, 2.24) is 10.2 Å². The number of nitrogens with zero attached hydrogens (tertiary/aromatic N) is 1. The smallest absolute Gasteiger partial charge is 0.119 e. The number of piperidine rings is 1. The van der Waals surface area contributed by atoms with Crippen LogP contribution in [-0.4, -0.2) is 34.9 Å². The molecule has 166 valence electrons. The highest BCUT2D eigenvalue weighted by atomic mass is 19.1. The van der Waals surface area contributed by atoms with Crippen molar-refractivity contribution in [3.63, 3.8) is 0 Å². The zero-order valence-corrected chi connectivity index (χ0v) is 18.3. The molecule has 32 heavy (non-hydrogen) atoms. The van der Waals surface area contributed by atoms with Gasteiger partial charge in [-0.3, -0.25) is 4.90 Å². The summed E-state index contributed by atoms with van der Waals surface area (Å²) in [7, 11) is 0. The second kappa shape index (κ2) is 9.14. The summed E-state index contributed by atoms with van der Waals surface area (Å²) in [4.78, 5) is 2.48. The zero-order valence-electron chi connectivity index (χ0n) is 18.3. The predicted octanol–water partition coefficient (Wildman–Crippen LogP) is 4.67. The highest BCUT2D eigenvalue weighted by molar-refractivity contribution is 5.34. The number of hydrogen-bond donors (Lipinski definition) is 2. The fourth-order valence-corrected chi connectivity index (χ4v) is 6.03. The Morgan fingerprint density at radius 2 is 1.47 bits per heavy atom. The first kappa shape index (κ1) is 21.3. The second-order valence-electron chi connectivity index (χ2n) is 9.21. The highest BCUT2D eigenvalue weighted by Crippen LogP contribution is 2.54. The van der Waals surface area contributed by atoms with E-state index >= 15 is 4.39 Å². The summed E-state index contributed by atoms with van der Waals surface area (Å²) in [5.41, 5.74) is 2.98. The molecule has 3 aromatic rings. The number of fused-ring (bicyclic) bond motifs is 2. The number of aliphatic hydroxyl groups is 1. The molecule has 0 amide bonds. The maximum absolute atomic E-state index is 15.9. The molecule has 4 heteroatoms. The summed E-state index contributed by atoms with van der Waals surface area (Å²) in [6, 6.07) is 30.6. The van der Waals surface area contributed by atoms with Gasteiger partial charge in [0.25, 0.3) is 0 Å². The number of alkyl halides is 1. The van der Waals surface area contributed by atoms with Crippen molar-refractivity contribution in [3.05, 3.63) is 108 Å². The van der Waals surface area contributed by atoms with Crippen LogP contribution in [0.1, 0.15) is 29.5 Å². The minimum atomic E-state index is -0.979. The van der Waals surface area contributed by atoms with E-state index in [1.165, 1.54) is 5.56 Å². The molecule has 2 bridgehead atoms. The molecule has 2 N–H and O–H groups in total.